The first-order valence-corrected chi connectivity index (χ1v) is 10.6. The van der Waals surface area contributed by atoms with E-state index >= 15 is 0 Å². The van der Waals surface area contributed by atoms with E-state index in [0.29, 0.717) is 29.1 Å². The van der Waals surface area contributed by atoms with Crippen LogP contribution in [0.1, 0.15) is 19.8 Å². The molecule has 1 amide bonds. The summed E-state index contributed by atoms with van der Waals surface area (Å²) >= 11 is 0. The van der Waals surface area contributed by atoms with Gasteiger partial charge < -0.3 is 20.7 Å². The zero-order chi connectivity index (χ0) is 22.5. The maximum absolute atomic E-state index is 13.4. The third kappa shape index (κ3) is 5.14. The van der Waals surface area contributed by atoms with Crippen LogP contribution in [0.25, 0.3) is 11.1 Å². The summed E-state index contributed by atoms with van der Waals surface area (Å²) in [6.45, 7) is 3.93. The number of carbonyl (C=O) groups excluding carboxylic acids is 1. The highest BCUT2D eigenvalue weighted by Gasteiger charge is 2.21. The number of nitrogen functional groups attached to an aromatic ring is 1. The van der Waals surface area contributed by atoms with Gasteiger partial charge in [-0.2, -0.15) is 0 Å². The van der Waals surface area contributed by atoms with Crippen LogP contribution in [0.2, 0.25) is 0 Å². The smallest absolute Gasteiger partial charge is 0.219 e. The number of amides is 1. The molecule has 166 valence electrons. The molecule has 8 heteroatoms. The van der Waals surface area contributed by atoms with Gasteiger partial charge in [0.15, 0.2) is 0 Å². The number of rotatable bonds is 6. The Balaban J connectivity index is 1.45. The molecule has 2 heterocycles. The fraction of sp³-hybridized carbons (Fsp3) is 0.292. The van der Waals surface area contributed by atoms with Crippen LogP contribution in [-0.2, 0) is 4.79 Å². The summed E-state index contributed by atoms with van der Waals surface area (Å²) in [7, 11) is 0. The average molecular weight is 436 g/mol. The van der Waals surface area contributed by atoms with Gasteiger partial charge in [0.1, 0.15) is 35.3 Å². The summed E-state index contributed by atoms with van der Waals surface area (Å²) in [5, 5.41) is 3.42. The summed E-state index contributed by atoms with van der Waals surface area (Å²) in [6.07, 6.45) is 3.35. The van der Waals surface area contributed by atoms with Crippen molar-refractivity contribution in [3.63, 3.8) is 0 Å². The molecule has 1 saturated heterocycles. The molecule has 0 aliphatic carbocycles. The molecule has 0 bridgehead atoms. The number of nitrogens with one attached hydrogen (secondary N) is 1. The summed E-state index contributed by atoms with van der Waals surface area (Å²) in [5.74, 6) is 2.30. The molecule has 1 aromatic heterocycles. The van der Waals surface area contributed by atoms with Gasteiger partial charge in [-0.3, -0.25) is 4.79 Å². The topological polar surface area (TPSA) is 93.4 Å². The zero-order valence-corrected chi connectivity index (χ0v) is 17.9. The molecular formula is C24H26FN5O2. The van der Waals surface area contributed by atoms with Crippen molar-refractivity contribution >= 4 is 17.5 Å². The molecule has 1 aliphatic heterocycles. The van der Waals surface area contributed by atoms with E-state index < -0.39 is 0 Å². The molecule has 32 heavy (non-hydrogen) atoms. The fourth-order valence-corrected chi connectivity index (χ4v) is 3.87. The molecule has 1 fully saturated rings. The number of hydrogen-bond acceptors (Lipinski definition) is 6. The summed E-state index contributed by atoms with van der Waals surface area (Å²) in [5.41, 5.74) is 7.76. The van der Waals surface area contributed by atoms with Crippen LogP contribution in [0.3, 0.4) is 0 Å². The van der Waals surface area contributed by atoms with E-state index in [1.807, 2.05) is 17.0 Å². The van der Waals surface area contributed by atoms with Crippen molar-refractivity contribution in [1.29, 1.82) is 0 Å². The Morgan fingerprint density at radius 3 is 2.59 bits per heavy atom. The van der Waals surface area contributed by atoms with Crippen LogP contribution < -0.4 is 15.8 Å². The molecule has 0 radical (unpaired) electrons. The number of likely N-dealkylation sites (tertiary alicyclic amines) is 1. The molecule has 2 aromatic carbocycles. The van der Waals surface area contributed by atoms with Gasteiger partial charge in [-0.05, 0) is 48.6 Å². The predicted octanol–water partition coefficient (Wildman–Crippen LogP) is 4.33. The standard InChI is InChI=1S/C24H26FN5O2/c1-16(31)30-11-9-17(10-12-30)14-27-24-22(23(26)28-15-29-24)18-5-7-20(8-6-18)32-21-4-2-3-19(25)13-21/h2-8,13,15,17H,9-12,14H2,1H3,(H3,26,27,28,29). The monoisotopic (exact) mass is 435 g/mol. The third-order valence-electron chi connectivity index (χ3n) is 5.67. The Kier molecular flexibility index (Phi) is 6.49. The highest BCUT2D eigenvalue weighted by atomic mass is 19.1. The van der Waals surface area contributed by atoms with E-state index in [1.54, 1.807) is 31.2 Å². The van der Waals surface area contributed by atoms with Gasteiger partial charge in [0, 0.05) is 32.6 Å². The van der Waals surface area contributed by atoms with Crippen LogP contribution in [0, 0.1) is 11.7 Å². The molecule has 4 rings (SSSR count). The lowest BCUT2D eigenvalue weighted by Crippen LogP contribution is -2.38. The molecule has 7 nitrogen and oxygen atoms in total. The average Bonchev–Trinajstić information content (AvgIpc) is 2.79. The number of ether oxygens (including phenoxy) is 1. The van der Waals surface area contributed by atoms with Crippen molar-refractivity contribution in [1.82, 2.24) is 14.9 Å². The molecule has 0 saturated carbocycles. The van der Waals surface area contributed by atoms with Crippen LogP contribution in [-0.4, -0.2) is 40.4 Å². The van der Waals surface area contributed by atoms with E-state index in [-0.39, 0.29) is 11.7 Å². The molecule has 3 N–H and O–H groups in total. The number of hydrogen-bond donors (Lipinski definition) is 2. The highest BCUT2D eigenvalue weighted by molar-refractivity contribution is 5.83. The quantitative estimate of drug-likeness (QED) is 0.599. The van der Waals surface area contributed by atoms with E-state index in [0.717, 1.165) is 43.6 Å². The second kappa shape index (κ2) is 9.64. The van der Waals surface area contributed by atoms with Crippen molar-refractivity contribution in [3.05, 3.63) is 60.7 Å². The van der Waals surface area contributed by atoms with Gasteiger partial charge in [-0.15, -0.1) is 0 Å². The number of nitrogens with zero attached hydrogens (tertiary/aromatic N) is 3. The number of nitrogens with two attached hydrogens (primary N) is 1. The number of aromatic nitrogens is 2. The molecule has 3 aromatic rings. The summed E-state index contributed by atoms with van der Waals surface area (Å²) in [4.78, 5) is 22.0. The third-order valence-corrected chi connectivity index (χ3v) is 5.67. The van der Waals surface area contributed by atoms with Gasteiger partial charge >= 0.3 is 0 Å². The van der Waals surface area contributed by atoms with Gasteiger partial charge in [-0.25, -0.2) is 14.4 Å². The molecule has 0 unspecified atom stereocenters. The molecular weight excluding hydrogens is 409 g/mol. The van der Waals surface area contributed by atoms with Gasteiger partial charge in [-0.1, -0.05) is 18.2 Å². The molecule has 0 atom stereocenters. The second-order valence-corrected chi connectivity index (χ2v) is 7.90. The summed E-state index contributed by atoms with van der Waals surface area (Å²) < 4.78 is 19.1. The van der Waals surface area contributed by atoms with E-state index in [4.69, 9.17) is 10.5 Å². The number of piperidine rings is 1. The van der Waals surface area contributed by atoms with E-state index in [1.165, 1.54) is 18.5 Å². The first-order valence-electron chi connectivity index (χ1n) is 10.6. The lowest BCUT2D eigenvalue weighted by Gasteiger charge is -2.31. The Hall–Kier alpha value is -3.68. The van der Waals surface area contributed by atoms with Crippen LogP contribution in [0.4, 0.5) is 16.0 Å². The normalized spacial score (nSPS) is 14.2. The molecule has 0 spiro atoms. The van der Waals surface area contributed by atoms with Crippen molar-refractivity contribution in [2.75, 3.05) is 30.7 Å². The van der Waals surface area contributed by atoms with Crippen molar-refractivity contribution in [2.45, 2.75) is 19.8 Å². The van der Waals surface area contributed by atoms with Gasteiger partial charge in [0.05, 0.1) is 5.56 Å². The Morgan fingerprint density at radius 2 is 1.91 bits per heavy atom. The maximum atomic E-state index is 13.4. The van der Waals surface area contributed by atoms with Crippen molar-refractivity contribution < 1.29 is 13.9 Å². The minimum atomic E-state index is -0.351. The van der Waals surface area contributed by atoms with Crippen molar-refractivity contribution in [2.24, 2.45) is 5.92 Å². The predicted molar refractivity (Wildman–Crippen MR) is 122 cm³/mol. The Bertz CT molecular complexity index is 1080. The maximum Gasteiger partial charge on any atom is 0.219 e. The van der Waals surface area contributed by atoms with Crippen LogP contribution in [0.15, 0.2) is 54.9 Å². The first kappa shape index (κ1) is 21.5. The van der Waals surface area contributed by atoms with Crippen LogP contribution >= 0.6 is 0 Å². The zero-order valence-electron chi connectivity index (χ0n) is 17.9. The van der Waals surface area contributed by atoms with E-state index in [2.05, 4.69) is 15.3 Å². The number of halogens is 1. The lowest BCUT2D eigenvalue weighted by molar-refractivity contribution is -0.130. The largest absolute Gasteiger partial charge is 0.457 e. The van der Waals surface area contributed by atoms with Crippen LogP contribution in [0.5, 0.6) is 11.5 Å². The highest BCUT2D eigenvalue weighted by Crippen LogP contribution is 2.33. The SMILES string of the molecule is CC(=O)N1CCC(CNc2ncnc(N)c2-c2ccc(Oc3cccc(F)c3)cc2)CC1. The van der Waals surface area contributed by atoms with E-state index in [9.17, 15) is 9.18 Å². The minimum Gasteiger partial charge on any atom is -0.457 e. The summed E-state index contributed by atoms with van der Waals surface area (Å²) in [6, 6.07) is 13.4. The number of anilines is 2. The number of benzene rings is 2. The van der Waals surface area contributed by atoms with Crippen molar-refractivity contribution in [3.8, 4) is 22.6 Å². The lowest BCUT2D eigenvalue weighted by atomic mass is 9.96. The fourth-order valence-electron chi connectivity index (χ4n) is 3.87. The number of carbonyl (C=O) groups is 1. The second-order valence-electron chi connectivity index (χ2n) is 7.90. The first-order chi connectivity index (χ1) is 15.5. The van der Waals surface area contributed by atoms with Gasteiger partial charge in [0.2, 0.25) is 5.91 Å². The van der Waals surface area contributed by atoms with Gasteiger partial charge in [0.25, 0.3) is 0 Å². The Labute approximate surface area is 186 Å². The Morgan fingerprint density at radius 1 is 1.16 bits per heavy atom. The molecule has 1 aliphatic rings. The minimum absolute atomic E-state index is 0.132.